The van der Waals surface area contributed by atoms with Crippen molar-refractivity contribution in [2.45, 2.75) is 39.2 Å². The summed E-state index contributed by atoms with van der Waals surface area (Å²) < 4.78 is 25.2. The van der Waals surface area contributed by atoms with Gasteiger partial charge in [0, 0.05) is 5.56 Å². The quantitative estimate of drug-likeness (QED) is 0.845. The molecule has 1 aliphatic carbocycles. The maximum absolute atomic E-state index is 12.6. The zero-order chi connectivity index (χ0) is 18.9. The average molecular weight is 372 g/mol. The molecule has 2 aromatic carbocycles. The second-order valence-electron chi connectivity index (χ2n) is 6.98. The minimum Gasteiger partial charge on any atom is -0.346 e. The molecular weight excluding hydrogens is 348 g/mol. The van der Waals surface area contributed by atoms with Crippen LogP contribution in [0, 0.1) is 6.92 Å². The third-order valence-electron chi connectivity index (χ3n) is 4.75. The van der Waals surface area contributed by atoms with Crippen LogP contribution in [-0.2, 0) is 22.9 Å². The van der Waals surface area contributed by atoms with Crippen LogP contribution < -0.4 is 10.0 Å². The van der Waals surface area contributed by atoms with Crippen molar-refractivity contribution < 1.29 is 13.2 Å². The van der Waals surface area contributed by atoms with E-state index >= 15 is 0 Å². The standard InChI is InChI=1S/C20H24N2O3S/c1-13-11-18(9-10-19(13)22-26(3,24)25)20(23)21-14(2)16-8-7-15-5-4-6-17(15)12-16/h7-12,14,22H,4-6H2,1-3H3,(H,21,23)/t14-/m1/s1. The molecule has 5 nitrogen and oxygen atoms in total. The molecule has 0 spiro atoms. The number of anilines is 1. The highest BCUT2D eigenvalue weighted by atomic mass is 32.2. The summed E-state index contributed by atoms with van der Waals surface area (Å²) >= 11 is 0. The first-order valence-electron chi connectivity index (χ1n) is 8.74. The monoisotopic (exact) mass is 372 g/mol. The Morgan fingerprint density at radius 3 is 2.50 bits per heavy atom. The van der Waals surface area contributed by atoms with Crippen molar-refractivity contribution in [3.63, 3.8) is 0 Å². The number of carbonyl (C=O) groups excluding carboxylic acids is 1. The largest absolute Gasteiger partial charge is 0.346 e. The number of sulfonamides is 1. The van der Waals surface area contributed by atoms with E-state index in [9.17, 15) is 13.2 Å². The number of aryl methyl sites for hydroxylation is 3. The van der Waals surface area contributed by atoms with Crippen LogP contribution in [-0.4, -0.2) is 20.6 Å². The van der Waals surface area contributed by atoms with Crippen LogP contribution in [0.3, 0.4) is 0 Å². The molecule has 0 saturated carbocycles. The number of hydrogen-bond acceptors (Lipinski definition) is 3. The van der Waals surface area contributed by atoms with Gasteiger partial charge >= 0.3 is 0 Å². The van der Waals surface area contributed by atoms with E-state index in [2.05, 4.69) is 28.2 Å². The van der Waals surface area contributed by atoms with Crippen molar-refractivity contribution >= 4 is 21.6 Å². The maximum atomic E-state index is 12.6. The maximum Gasteiger partial charge on any atom is 0.251 e. The van der Waals surface area contributed by atoms with Gasteiger partial charge in [0.25, 0.3) is 5.91 Å². The van der Waals surface area contributed by atoms with Gasteiger partial charge < -0.3 is 5.32 Å². The van der Waals surface area contributed by atoms with Gasteiger partial charge in [0.15, 0.2) is 0 Å². The summed E-state index contributed by atoms with van der Waals surface area (Å²) in [5.74, 6) is -0.174. The number of rotatable bonds is 5. The third kappa shape index (κ3) is 4.25. The summed E-state index contributed by atoms with van der Waals surface area (Å²) in [5, 5.41) is 3.02. The van der Waals surface area contributed by atoms with Crippen molar-refractivity contribution in [3.8, 4) is 0 Å². The number of hydrogen-bond donors (Lipinski definition) is 2. The predicted octanol–water partition coefficient (Wildman–Crippen LogP) is 3.35. The Kier molecular flexibility index (Phi) is 5.05. The van der Waals surface area contributed by atoms with Crippen LogP contribution in [0.1, 0.15) is 52.0 Å². The molecule has 2 aromatic rings. The molecule has 0 fully saturated rings. The van der Waals surface area contributed by atoms with E-state index in [1.807, 2.05) is 6.92 Å². The topological polar surface area (TPSA) is 75.3 Å². The molecular formula is C20H24N2O3S. The fourth-order valence-corrected chi connectivity index (χ4v) is 3.97. The summed E-state index contributed by atoms with van der Waals surface area (Å²) in [6.07, 6.45) is 4.55. The molecule has 0 aliphatic heterocycles. The molecule has 0 unspecified atom stereocenters. The van der Waals surface area contributed by atoms with Crippen molar-refractivity contribution in [2.24, 2.45) is 0 Å². The van der Waals surface area contributed by atoms with Crippen LogP contribution in [0.5, 0.6) is 0 Å². The molecule has 26 heavy (non-hydrogen) atoms. The zero-order valence-electron chi connectivity index (χ0n) is 15.3. The zero-order valence-corrected chi connectivity index (χ0v) is 16.1. The van der Waals surface area contributed by atoms with Gasteiger partial charge in [-0.05, 0) is 73.6 Å². The molecule has 0 saturated heterocycles. The summed E-state index contributed by atoms with van der Waals surface area (Å²) in [7, 11) is -3.34. The van der Waals surface area contributed by atoms with Gasteiger partial charge in [-0.25, -0.2) is 8.42 Å². The molecule has 1 amide bonds. The van der Waals surface area contributed by atoms with Gasteiger partial charge in [-0.1, -0.05) is 18.2 Å². The molecule has 1 atom stereocenters. The summed E-state index contributed by atoms with van der Waals surface area (Å²) in [5.41, 5.74) is 5.59. The number of carbonyl (C=O) groups is 1. The Labute approximate surface area is 154 Å². The van der Waals surface area contributed by atoms with Crippen LogP contribution in [0.25, 0.3) is 0 Å². The van der Waals surface area contributed by atoms with E-state index in [4.69, 9.17) is 0 Å². The second kappa shape index (κ2) is 7.11. The highest BCUT2D eigenvalue weighted by Crippen LogP contribution is 2.25. The number of nitrogens with one attached hydrogen (secondary N) is 2. The van der Waals surface area contributed by atoms with Crippen LogP contribution in [0.15, 0.2) is 36.4 Å². The summed E-state index contributed by atoms with van der Waals surface area (Å²) in [6, 6.07) is 11.3. The minimum absolute atomic E-state index is 0.0949. The lowest BCUT2D eigenvalue weighted by atomic mass is 10.0. The van der Waals surface area contributed by atoms with Crippen LogP contribution in [0.4, 0.5) is 5.69 Å². The highest BCUT2D eigenvalue weighted by molar-refractivity contribution is 7.92. The Morgan fingerprint density at radius 1 is 1.08 bits per heavy atom. The normalized spacial score (nSPS) is 14.6. The van der Waals surface area contributed by atoms with Crippen molar-refractivity contribution in [3.05, 3.63) is 64.2 Å². The van der Waals surface area contributed by atoms with E-state index in [0.717, 1.165) is 24.7 Å². The first-order chi connectivity index (χ1) is 12.2. The Balaban J connectivity index is 1.72. The van der Waals surface area contributed by atoms with Gasteiger partial charge in [-0.15, -0.1) is 0 Å². The van der Waals surface area contributed by atoms with Crippen molar-refractivity contribution in [2.75, 3.05) is 11.0 Å². The summed E-state index contributed by atoms with van der Waals surface area (Å²) in [6.45, 7) is 3.75. The van der Waals surface area contributed by atoms with Gasteiger partial charge in [0.05, 0.1) is 18.0 Å². The fourth-order valence-electron chi connectivity index (χ4n) is 3.34. The SMILES string of the molecule is Cc1cc(C(=O)N[C@H](C)c2ccc3c(c2)CCC3)ccc1NS(C)(=O)=O. The van der Waals surface area contributed by atoms with E-state index in [1.54, 1.807) is 25.1 Å². The van der Waals surface area contributed by atoms with E-state index in [0.29, 0.717) is 16.8 Å². The lowest BCUT2D eigenvalue weighted by Gasteiger charge is -2.16. The number of benzene rings is 2. The van der Waals surface area contributed by atoms with Crippen LogP contribution >= 0.6 is 0 Å². The smallest absolute Gasteiger partial charge is 0.251 e. The number of fused-ring (bicyclic) bond motifs is 1. The average Bonchev–Trinajstić information content (AvgIpc) is 3.03. The summed E-state index contributed by atoms with van der Waals surface area (Å²) in [4.78, 5) is 12.6. The fraction of sp³-hybridized carbons (Fsp3) is 0.350. The molecule has 0 radical (unpaired) electrons. The molecule has 3 rings (SSSR count). The van der Waals surface area contributed by atoms with Gasteiger partial charge in [-0.2, -0.15) is 0 Å². The molecule has 0 aromatic heterocycles. The molecule has 2 N–H and O–H groups in total. The van der Waals surface area contributed by atoms with Gasteiger partial charge in [0.2, 0.25) is 10.0 Å². The lowest BCUT2D eigenvalue weighted by Crippen LogP contribution is -2.26. The highest BCUT2D eigenvalue weighted by Gasteiger charge is 2.16. The van der Waals surface area contributed by atoms with E-state index in [-0.39, 0.29) is 11.9 Å². The molecule has 6 heteroatoms. The second-order valence-corrected chi connectivity index (χ2v) is 8.73. The van der Waals surface area contributed by atoms with Crippen molar-refractivity contribution in [1.29, 1.82) is 0 Å². The molecule has 1 aliphatic rings. The van der Waals surface area contributed by atoms with Crippen LogP contribution in [0.2, 0.25) is 0 Å². The molecule has 138 valence electrons. The Bertz CT molecular complexity index is 952. The van der Waals surface area contributed by atoms with Crippen molar-refractivity contribution in [1.82, 2.24) is 5.32 Å². The molecule has 0 heterocycles. The first-order valence-corrected chi connectivity index (χ1v) is 10.6. The third-order valence-corrected chi connectivity index (χ3v) is 5.34. The predicted molar refractivity (Wildman–Crippen MR) is 104 cm³/mol. The first kappa shape index (κ1) is 18.5. The minimum atomic E-state index is -3.34. The van der Waals surface area contributed by atoms with Gasteiger partial charge in [-0.3, -0.25) is 9.52 Å². The Morgan fingerprint density at radius 2 is 1.81 bits per heavy atom. The molecule has 0 bridgehead atoms. The Hall–Kier alpha value is -2.34. The van der Waals surface area contributed by atoms with E-state index < -0.39 is 10.0 Å². The van der Waals surface area contributed by atoms with Gasteiger partial charge in [0.1, 0.15) is 0 Å². The lowest BCUT2D eigenvalue weighted by molar-refractivity contribution is 0.0940. The number of amides is 1. The van der Waals surface area contributed by atoms with E-state index in [1.165, 1.54) is 17.5 Å².